The number of carbonyl (C=O) groups is 2. The second-order valence-electron chi connectivity index (χ2n) is 9.03. The van der Waals surface area contributed by atoms with E-state index in [1.807, 2.05) is 20.8 Å². The van der Waals surface area contributed by atoms with Crippen LogP contribution in [0.3, 0.4) is 0 Å². The van der Waals surface area contributed by atoms with Crippen LogP contribution in [-0.2, 0) is 23.2 Å². The molecule has 2 amide bonds. The number of aryl methyl sites for hydroxylation is 1. The molecular formula is C22H29F2N5O2. The fraction of sp³-hybridized carbons (Fsp3) is 0.500. The molecule has 1 saturated heterocycles. The van der Waals surface area contributed by atoms with Gasteiger partial charge in [0.15, 0.2) is 0 Å². The van der Waals surface area contributed by atoms with Gasteiger partial charge in [0, 0.05) is 25.7 Å². The van der Waals surface area contributed by atoms with Gasteiger partial charge in [-0.2, -0.15) is 8.78 Å². The lowest BCUT2D eigenvalue weighted by Crippen LogP contribution is -2.54. The molecule has 2 atom stereocenters. The molecule has 168 valence electrons. The van der Waals surface area contributed by atoms with Gasteiger partial charge in [-0.05, 0) is 23.8 Å². The van der Waals surface area contributed by atoms with Gasteiger partial charge >= 0.3 is 0 Å². The van der Waals surface area contributed by atoms with Crippen LogP contribution in [0, 0.1) is 17.2 Å². The topological polar surface area (TPSA) is 93.2 Å². The summed E-state index contributed by atoms with van der Waals surface area (Å²) >= 11 is 0. The lowest BCUT2D eigenvalue weighted by atomic mass is 9.86. The number of nitrogens with one attached hydrogen (secondary N) is 1. The fourth-order valence-corrected chi connectivity index (χ4v) is 3.72. The Morgan fingerprint density at radius 1 is 1.26 bits per heavy atom. The molecule has 1 aromatic carbocycles. The van der Waals surface area contributed by atoms with E-state index in [0.717, 1.165) is 16.7 Å². The van der Waals surface area contributed by atoms with Crippen molar-refractivity contribution >= 4 is 11.8 Å². The summed E-state index contributed by atoms with van der Waals surface area (Å²) in [4.78, 5) is 27.1. The average molecular weight is 434 g/mol. The molecule has 0 radical (unpaired) electrons. The van der Waals surface area contributed by atoms with E-state index >= 15 is 0 Å². The van der Waals surface area contributed by atoms with Gasteiger partial charge in [0.25, 0.3) is 5.95 Å². The van der Waals surface area contributed by atoms with Crippen molar-refractivity contribution in [3.63, 3.8) is 0 Å². The highest BCUT2D eigenvalue weighted by molar-refractivity contribution is 5.90. The molecule has 2 aromatic rings. The van der Waals surface area contributed by atoms with Crippen molar-refractivity contribution in [2.24, 2.45) is 18.2 Å². The summed E-state index contributed by atoms with van der Waals surface area (Å²) in [7, 11) is 1.47. The van der Waals surface area contributed by atoms with Crippen molar-refractivity contribution in [3.05, 3.63) is 41.6 Å². The average Bonchev–Trinajstić information content (AvgIpc) is 3.29. The molecule has 0 saturated carbocycles. The van der Waals surface area contributed by atoms with Gasteiger partial charge < -0.3 is 16.0 Å². The molecule has 3 N–H and O–H groups in total. The van der Waals surface area contributed by atoms with Crippen molar-refractivity contribution in [2.75, 3.05) is 6.54 Å². The fourth-order valence-electron chi connectivity index (χ4n) is 3.72. The molecule has 0 aliphatic carbocycles. The van der Waals surface area contributed by atoms with E-state index in [1.165, 1.54) is 7.05 Å². The maximum absolute atomic E-state index is 13.9. The monoisotopic (exact) mass is 433 g/mol. The van der Waals surface area contributed by atoms with Crippen molar-refractivity contribution in [3.8, 4) is 11.3 Å². The first-order valence-electron chi connectivity index (χ1n) is 10.3. The summed E-state index contributed by atoms with van der Waals surface area (Å²) in [5.74, 6) is -2.57. The Labute approximate surface area is 180 Å². The molecule has 2 heterocycles. The molecule has 0 bridgehead atoms. The lowest BCUT2D eigenvalue weighted by Gasteiger charge is -2.32. The Kier molecular flexibility index (Phi) is 6.45. The highest BCUT2D eigenvalue weighted by atomic mass is 19.2. The van der Waals surface area contributed by atoms with Gasteiger partial charge in [0.2, 0.25) is 17.6 Å². The first kappa shape index (κ1) is 22.9. The first-order valence-corrected chi connectivity index (χ1v) is 10.3. The summed E-state index contributed by atoms with van der Waals surface area (Å²) in [6.07, 6.45) is 1.35. The minimum Gasteiger partial charge on any atom is -0.350 e. The number of nitrogens with zero attached hydrogens (tertiary/aromatic N) is 3. The Hall–Kier alpha value is -2.81. The summed E-state index contributed by atoms with van der Waals surface area (Å²) in [5.41, 5.74) is 7.05. The molecule has 1 aliphatic heterocycles. The summed E-state index contributed by atoms with van der Waals surface area (Å²) in [5, 5.41) is 6.30. The van der Waals surface area contributed by atoms with E-state index in [1.54, 1.807) is 29.2 Å². The number of carbonyl (C=O) groups excluding carboxylic acids is 2. The Morgan fingerprint density at radius 2 is 1.90 bits per heavy atom. The number of amides is 2. The van der Waals surface area contributed by atoms with Gasteiger partial charge in [-0.1, -0.05) is 45.0 Å². The maximum Gasteiger partial charge on any atom is 0.268 e. The highest BCUT2D eigenvalue weighted by Crippen LogP contribution is 2.26. The minimum absolute atomic E-state index is 0.0587. The molecule has 1 aromatic heterocycles. The zero-order valence-corrected chi connectivity index (χ0v) is 18.3. The van der Waals surface area contributed by atoms with E-state index in [4.69, 9.17) is 5.73 Å². The second-order valence-corrected chi connectivity index (χ2v) is 9.03. The molecule has 9 heteroatoms. The molecule has 7 nitrogen and oxygen atoms in total. The standard InChI is InChI=1S/C22H29F2N5O2/c1-22(2,3)18(25)21(31)29-11-5-6-15(29)20(30)26-12-13-7-9-14(10-8-13)17-16(23)19(24)27-28(17)4/h7-10,15,18H,5-6,11-12,25H2,1-4H3,(H,26,30). The molecule has 31 heavy (non-hydrogen) atoms. The van der Waals surface area contributed by atoms with E-state index < -0.39 is 29.3 Å². The SMILES string of the molecule is Cn1nc(F)c(F)c1-c1ccc(CNC(=O)C2CCCN2C(=O)C(N)C(C)(C)C)cc1. The van der Waals surface area contributed by atoms with Crippen LogP contribution in [0.2, 0.25) is 0 Å². The van der Waals surface area contributed by atoms with Crippen LogP contribution in [0.4, 0.5) is 8.78 Å². The number of hydrogen-bond donors (Lipinski definition) is 2. The predicted molar refractivity (Wildman–Crippen MR) is 113 cm³/mol. The molecule has 3 rings (SSSR count). The number of aromatic nitrogens is 2. The minimum atomic E-state index is -1.14. The number of hydrogen-bond acceptors (Lipinski definition) is 4. The van der Waals surface area contributed by atoms with Crippen LogP contribution in [-0.4, -0.2) is 45.1 Å². The quantitative estimate of drug-likeness (QED) is 0.757. The van der Waals surface area contributed by atoms with Crippen molar-refractivity contribution in [1.82, 2.24) is 20.0 Å². The van der Waals surface area contributed by atoms with Crippen LogP contribution in [0.5, 0.6) is 0 Å². The molecule has 1 aliphatic rings. The van der Waals surface area contributed by atoms with Crippen LogP contribution < -0.4 is 11.1 Å². The summed E-state index contributed by atoms with van der Waals surface area (Å²) < 4.78 is 28.4. The number of halogens is 2. The third-order valence-electron chi connectivity index (χ3n) is 5.68. The summed E-state index contributed by atoms with van der Waals surface area (Å²) in [6, 6.07) is 5.54. The zero-order valence-electron chi connectivity index (χ0n) is 18.3. The Morgan fingerprint density at radius 3 is 2.45 bits per heavy atom. The Balaban J connectivity index is 1.63. The molecule has 0 spiro atoms. The third-order valence-corrected chi connectivity index (χ3v) is 5.68. The second kappa shape index (κ2) is 8.74. The Bertz CT molecular complexity index is 966. The first-order chi connectivity index (χ1) is 14.5. The smallest absolute Gasteiger partial charge is 0.268 e. The number of benzene rings is 1. The number of likely N-dealkylation sites (tertiary alicyclic amines) is 1. The van der Waals surface area contributed by atoms with Crippen LogP contribution in [0.15, 0.2) is 24.3 Å². The van der Waals surface area contributed by atoms with Gasteiger partial charge in [0.05, 0.1) is 6.04 Å². The maximum atomic E-state index is 13.9. The zero-order chi connectivity index (χ0) is 22.9. The van der Waals surface area contributed by atoms with Gasteiger partial charge in [-0.15, -0.1) is 5.10 Å². The van der Waals surface area contributed by atoms with Crippen LogP contribution in [0.1, 0.15) is 39.2 Å². The van der Waals surface area contributed by atoms with Crippen molar-refractivity contribution in [2.45, 2.75) is 52.2 Å². The van der Waals surface area contributed by atoms with Gasteiger partial charge in [0.1, 0.15) is 11.7 Å². The summed E-state index contributed by atoms with van der Waals surface area (Å²) in [6.45, 7) is 6.47. The van der Waals surface area contributed by atoms with Gasteiger partial charge in [-0.25, -0.2) is 0 Å². The molecule has 1 fully saturated rings. The van der Waals surface area contributed by atoms with E-state index in [-0.39, 0.29) is 24.1 Å². The van der Waals surface area contributed by atoms with E-state index in [9.17, 15) is 18.4 Å². The normalized spacial score (nSPS) is 17.6. The van der Waals surface area contributed by atoms with Crippen LogP contribution in [0.25, 0.3) is 11.3 Å². The van der Waals surface area contributed by atoms with Crippen molar-refractivity contribution in [1.29, 1.82) is 0 Å². The number of nitrogens with two attached hydrogens (primary N) is 1. The largest absolute Gasteiger partial charge is 0.350 e. The van der Waals surface area contributed by atoms with E-state index in [2.05, 4.69) is 10.4 Å². The van der Waals surface area contributed by atoms with E-state index in [0.29, 0.717) is 18.5 Å². The molecule has 2 unspecified atom stereocenters. The lowest BCUT2D eigenvalue weighted by molar-refractivity contribution is -0.141. The predicted octanol–water partition coefficient (Wildman–Crippen LogP) is 2.35. The van der Waals surface area contributed by atoms with Crippen molar-refractivity contribution < 1.29 is 18.4 Å². The number of rotatable bonds is 5. The highest BCUT2D eigenvalue weighted by Gasteiger charge is 2.39. The molecular weight excluding hydrogens is 404 g/mol. The third kappa shape index (κ3) is 4.76. The van der Waals surface area contributed by atoms with Gasteiger partial charge in [-0.3, -0.25) is 14.3 Å². The van der Waals surface area contributed by atoms with Crippen LogP contribution >= 0.6 is 0 Å².